The van der Waals surface area contributed by atoms with E-state index in [9.17, 15) is 13.2 Å². The molecule has 0 unspecified atom stereocenters. The zero-order valence-corrected chi connectivity index (χ0v) is 7.86. The van der Waals surface area contributed by atoms with Crippen LogP contribution >= 0.6 is 0 Å². The van der Waals surface area contributed by atoms with Gasteiger partial charge in [0.05, 0.1) is 11.5 Å². The van der Waals surface area contributed by atoms with Gasteiger partial charge in [0.25, 0.3) is 0 Å². The molecule has 0 aliphatic rings. The average Bonchev–Trinajstić information content (AvgIpc) is 2.00. The van der Waals surface area contributed by atoms with Gasteiger partial charge in [-0.2, -0.15) is 0 Å². The Hall–Kier alpha value is -0.620. The molecule has 0 atom stereocenters. The minimum atomic E-state index is -3.12. The van der Waals surface area contributed by atoms with Crippen LogP contribution in [0.5, 0.6) is 0 Å². The molecule has 0 aromatic heterocycles. The predicted octanol–water partition coefficient (Wildman–Crippen LogP) is -1.50. The van der Waals surface area contributed by atoms with E-state index in [2.05, 4.69) is 5.32 Å². The summed E-state index contributed by atoms with van der Waals surface area (Å²) in [5.74, 6) is -0.441. The first-order valence-electron chi connectivity index (χ1n) is 3.63. The van der Waals surface area contributed by atoms with Crippen molar-refractivity contribution in [2.45, 2.75) is 6.42 Å². The highest BCUT2D eigenvalue weighted by atomic mass is 32.2. The lowest BCUT2D eigenvalue weighted by atomic mass is 10.5. The van der Waals surface area contributed by atoms with Crippen molar-refractivity contribution in [3.05, 3.63) is 0 Å². The molecule has 0 aliphatic heterocycles. The van der Waals surface area contributed by atoms with Gasteiger partial charge in [-0.1, -0.05) is 0 Å². The lowest BCUT2D eigenvalue weighted by molar-refractivity contribution is -0.120. The molecule has 0 aromatic rings. The molecule has 72 valence electrons. The van der Waals surface area contributed by atoms with Gasteiger partial charge in [0.2, 0.25) is 5.91 Å². The second kappa shape index (κ2) is 5.10. The molecule has 0 saturated carbocycles. The zero-order valence-electron chi connectivity index (χ0n) is 7.04. The van der Waals surface area contributed by atoms with Crippen LogP contribution in [0.25, 0.3) is 0 Å². The predicted molar refractivity (Wildman–Crippen MR) is 46.4 cm³/mol. The summed E-state index contributed by atoms with van der Waals surface area (Å²) in [6.45, 7) is 0.107. The minimum absolute atomic E-state index is 0.0127. The smallest absolute Gasteiger partial charge is 0.220 e. The molecule has 0 bridgehead atoms. The number of hydrogen-bond donors (Lipinski definition) is 2. The van der Waals surface area contributed by atoms with E-state index in [1.807, 2.05) is 0 Å². The maximum Gasteiger partial charge on any atom is 0.220 e. The lowest BCUT2D eigenvalue weighted by Gasteiger charge is -2.00. The monoisotopic (exact) mass is 194 g/mol. The SMILES string of the molecule is CNC(=O)CCS(=O)(=O)CCN. The van der Waals surface area contributed by atoms with Crippen molar-refractivity contribution in [2.75, 3.05) is 25.1 Å². The second-order valence-electron chi connectivity index (χ2n) is 2.36. The van der Waals surface area contributed by atoms with Crippen LogP contribution in [0.1, 0.15) is 6.42 Å². The van der Waals surface area contributed by atoms with Crippen molar-refractivity contribution in [2.24, 2.45) is 5.73 Å². The molecule has 0 spiro atoms. The van der Waals surface area contributed by atoms with E-state index in [1.54, 1.807) is 0 Å². The quantitative estimate of drug-likeness (QED) is 0.557. The Morgan fingerprint density at radius 2 is 2.00 bits per heavy atom. The number of nitrogens with one attached hydrogen (secondary N) is 1. The summed E-state index contributed by atoms with van der Waals surface area (Å²) in [4.78, 5) is 10.7. The Morgan fingerprint density at radius 1 is 1.42 bits per heavy atom. The van der Waals surface area contributed by atoms with E-state index in [4.69, 9.17) is 5.73 Å². The molecule has 5 nitrogen and oxygen atoms in total. The lowest BCUT2D eigenvalue weighted by Crippen LogP contribution is -2.24. The topological polar surface area (TPSA) is 89.3 Å². The van der Waals surface area contributed by atoms with E-state index in [-0.39, 0.29) is 30.4 Å². The Morgan fingerprint density at radius 3 is 2.42 bits per heavy atom. The summed E-state index contributed by atoms with van der Waals surface area (Å²) < 4.78 is 22.0. The van der Waals surface area contributed by atoms with Crippen LogP contribution in [0.3, 0.4) is 0 Å². The summed E-state index contributed by atoms with van der Waals surface area (Å²) in [5.41, 5.74) is 5.07. The first-order chi connectivity index (χ1) is 5.52. The fourth-order valence-corrected chi connectivity index (χ4v) is 1.71. The van der Waals surface area contributed by atoms with Crippen molar-refractivity contribution in [3.8, 4) is 0 Å². The molecule has 12 heavy (non-hydrogen) atoms. The average molecular weight is 194 g/mol. The first kappa shape index (κ1) is 11.4. The maximum atomic E-state index is 11.0. The maximum absolute atomic E-state index is 11.0. The molecule has 0 heterocycles. The highest BCUT2D eigenvalue weighted by molar-refractivity contribution is 7.91. The molecule has 3 N–H and O–H groups in total. The number of hydrogen-bond acceptors (Lipinski definition) is 4. The Bertz CT molecular complexity index is 235. The summed E-state index contributed by atoms with van der Waals surface area (Å²) in [6.07, 6.45) is 0.0127. The molecule has 0 rings (SSSR count). The Balaban J connectivity index is 3.84. The van der Waals surface area contributed by atoms with Crippen molar-refractivity contribution >= 4 is 15.7 Å². The van der Waals surface area contributed by atoms with E-state index in [0.717, 1.165) is 0 Å². The van der Waals surface area contributed by atoms with Crippen LogP contribution in [0, 0.1) is 0 Å². The summed E-state index contributed by atoms with van der Waals surface area (Å²) in [5, 5.41) is 2.35. The van der Waals surface area contributed by atoms with Gasteiger partial charge < -0.3 is 11.1 Å². The largest absolute Gasteiger partial charge is 0.359 e. The summed E-state index contributed by atoms with van der Waals surface area (Å²) >= 11 is 0. The van der Waals surface area contributed by atoms with E-state index in [1.165, 1.54) is 7.05 Å². The van der Waals surface area contributed by atoms with Gasteiger partial charge in [-0.25, -0.2) is 8.42 Å². The van der Waals surface area contributed by atoms with Gasteiger partial charge in [0, 0.05) is 20.0 Å². The van der Waals surface area contributed by atoms with Crippen LogP contribution in [-0.4, -0.2) is 39.4 Å². The van der Waals surface area contributed by atoms with Crippen LogP contribution in [0.15, 0.2) is 0 Å². The Labute approximate surface area is 72.2 Å². The highest BCUT2D eigenvalue weighted by Crippen LogP contribution is 1.92. The molecule has 0 aromatic carbocycles. The zero-order chi connectivity index (χ0) is 9.61. The van der Waals surface area contributed by atoms with E-state index in [0.29, 0.717) is 0 Å². The summed E-state index contributed by atoms with van der Waals surface area (Å²) in [7, 11) is -1.65. The van der Waals surface area contributed by atoms with E-state index < -0.39 is 9.84 Å². The van der Waals surface area contributed by atoms with Gasteiger partial charge in [0.15, 0.2) is 9.84 Å². The Kier molecular flexibility index (Phi) is 4.84. The van der Waals surface area contributed by atoms with Crippen LogP contribution < -0.4 is 11.1 Å². The third-order valence-electron chi connectivity index (χ3n) is 1.35. The second-order valence-corrected chi connectivity index (χ2v) is 4.67. The van der Waals surface area contributed by atoms with Crippen molar-refractivity contribution in [3.63, 3.8) is 0 Å². The highest BCUT2D eigenvalue weighted by Gasteiger charge is 2.11. The van der Waals surface area contributed by atoms with Crippen molar-refractivity contribution in [1.29, 1.82) is 0 Å². The molecule has 0 radical (unpaired) electrons. The minimum Gasteiger partial charge on any atom is -0.359 e. The van der Waals surface area contributed by atoms with Crippen LogP contribution in [0.4, 0.5) is 0 Å². The fraction of sp³-hybridized carbons (Fsp3) is 0.833. The van der Waals surface area contributed by atoms with Gasteiger partial charge in [0.1, 0.15) is 0 Å². The molecular weight excluding hydrogens is 180 g/mol. The van der Waals surface area contributed by atoms with Crippen molar-refractivity contribution < 1.29 is 13.2 Å². The van der Waals surface area contributed by atoms with Gasteiger partial charge >= 0.3 is 0 Å². The number of nitrogens with two attached hydrogens (primary N) is 1. The van der Waals surface area contributed by atoms with Gasteiger partial charge in [-0.05, 0) is 0 Å². The normalized spacial score (nSPS) is 11.2. The number of sulfone groups is 1. The third-order valence-corrected chi connectivity index (χ3v) is 3.03. The standard InChI is InChI=1S/C6H14N2O3S/c1-8-6(9)2-4-12(10,11)5-3-7/h2-5,7H2,1H3,(H,8,9). The number of carbonyl (C=O) groups excluding carboxylic acids is 1. The van der Waals surface area contributed by atoms with Crippen LogP contribution in [0.2, 0.25) is 0 Å². The summed E-state index contributed by atoms with van der Waals surface area (Å²) in [6, 6.07) is 0. The molecule has 0 fully saturated rings. The number of rotatable bonds is 5. The van der Waals surface area contributed by atoms with Crippen molar-refractivity contribution in [1.82, 2.24) is 5.32 Å². The molecule has 0 aliphatic carbocycles. The molecule has 1 amide bonds. The number of amides is 1. The third kappa shape index (κ3) is 5.09. The van der Waals surface area contributed by atoms with E-state index >= 15 is 0 Å². The fourth-order valence-electron chi connectivity index (χ4n) is 0.655. The first-order valence-corrected chi connectivity index (χ1v) is 5.45. The molecular formula is C6H14N2O3S. The van der Waals surface area contributed by atoms with Gasteiger partial charge in [-0.15, -0.1) is 0 Å². The molecule has 0 saturated heterocycles. The number of carbonyl (C=O) groups is 1. The van der Waals surface area contributed by atoms with Crippen LogP contribution in [-0.2, 0) is 14.6 Å². The van der Waals surface area contributed by atoms with Gasteiger partial charge in [-0.3, -0.25) is 4.79 Å². The molecule has 6 heteroatoms.